The smallest absolute Gasteiger partial charge is 0.403 e. The van der Waals surface area contributed by atoms with E-state index in [1.807, 2.05) is 0 Å². The van der Waals surface area contributed by atoms with Crippen LogP contribution in [0.15, 0.2) is 0 Å². The Kier molecular flexibility index (Phi) is 2.80. The number of rotatable bonds is 1. The summed E-state index contributed by atoms with van der Waals surface area (Å²) >= 11 is 0. The molecule has 1 fully saturated rings. The number of carbonyl (C=O) groups is 1. The van der Waals surface area contributed by atoms with E-state index in [4.69, 9.17) is 0 Å². The molecule has 2 atom stereocenters. The number of methoxy groups -OCH3 is 1. The summed E-state index contributed by atoms with van der Waals surface area (Å²) in [5.74, 6) is -1.25. The Morgan fingerprint density at radius 2 is 2.15 bits per heavy atom. The van der Waals surface area contributed by atoms with Crippen LogP contribution in [-0.4, -0.2) is 31.8 Å². The SMILES string of the molecule is COC(=O)[C@H]1CN[C@@H](C(F)(F)F)C1. The molecule has 13 heavy (non-hydrogen) atoms. The van der Waals surface area contributed by atoms with Crippen LogP contribution in [0.4, 0.5) is 13.2 Å². The molecule has 0 aromatic rings. The molecule has 1 N–H and O–H groups in total. The van der Waals surface area contributed by atoms with Crippen LogP contribution in [0.25, 0.3) is 0 Å². The number of carbonyl (C=O) groups excluding carboxylic acids is 1. The molecule has 0 saturated carbocycles. The van der Waals surface area contributed by atoms with Gasteiger partial charge in [-0.3, -0.25) is 4.79 Å². The van der Waals surface area contributed by atoms with Crippen molar-refractivity contribution in [3.63, 3.8) is 0 Å². The van der Waals surface area contributed by atoms with Crippen molar-refractivity contribution in [2.75, 3.05) is 13.7 Å². The molecule has 1 aliphatic heterocycles. The van der Waals surface area contributed by atoms with Gasteiger partial charge in [0.2, 0.25) is 0 Å². The summed E-state index contributed by atoms with van der Waals surface area (Å²) in [6.45, 7) is 0.0385. The zero-order chi connectivity index (χ0) is 10.1. The van der Waals surface area contributed by atoms with Crippen molar-refractivity contribution in [1.29, 1.82) is 0 Å². The number of alkyl halides is 3. The summed E-state index contributed by atoms with van der Waals surface area (Å²) in [5.41, 5.74) is 0. The lowest BCUT2D eigenvalue weighted by molar-refractivity contribution is -0.154. The highest BCUT2D eigenvalue weighted by Gasteiger charge is 2.45. The van der Waals surface area contributed by atoms with Gasteiger partial charge in [0.05, 0.1) is 13.0 Å². The van der Waals surface area contributed by atoms with Crippen LogP contribution in [-0.2, 0) is 9.53 Å². The van der Waals surface area contributed by atoms with E-state index >= 15 is 0 Å². The minimum absolute atomic E-state index is 0.0385. The second-order valence-corrected chi connectivity index (χ2v) is 2.96. The van der Waals surface area contributed by atoms with Crippen LogP contribution in [0.3, 0.4) is 0 Å². The molecule has 6 heteroatoms. The van der Waals surface area contributed by atoms with E-state index in [0.29, 0.717) is 0 Å². The molecule has 0 aromatic carbocycles. The van der Waals surface area contributed by atoms with E-state index in [1.165, 1.54) is 7.11 Å². The molecule has 1 heterocycles. The van der Waals surface area contributed by atoms with Gasteiger partial charge < -0.3 is 10.1 Å². The third kappa shape index (κ3) is 2.33. The van der Waals surface area contributed by atoms with Gasteiger partial charge in [0, 0.05) is 6.54 Å². The van der Waals surface area contributed by atoms with Gasteiger partial charge in [0.15, 0.2) is 0 Å². The van der Waals surface area contributed by atoms with Gasteiger partial charge in [-0.25, -0.2) is 0 Å². The molecular weight excluding hydrogens is 187 g/mol. The second-order valence-electron chi connectivity index (χ2n) is 2.96. The first-order valence-corrected chi connectivity index (χ1v) is 3.83. The number of nitrogens with one attached hydrogen (secondary N) is 1. The lowest BCUT2D eigenvalue weighted by Gasteiger charge is -2.13. The van der Waals surface area contributed by atoms with E-state index in [-0.39, 0.29) is 13.0 Å². The Morgan fingerprint density at radius 3 is 2.54 bits per heavy atom. The van der Waals surface area contributed by atoms with Gasteiger partial charge in [-0.15, -0.1) is 0 Å². The molecule has 1 rings (SSSR count). The summed E-state index contributed by atoms with van der Waals surface area (Å²) in [4.78, 5) is 10.9. The monoisotopic (exact) mass is 197 g/mol. The van der Waals surface area contributed by atoms with E-state index < -0.39 is 24.1 Å². The van der Waals surface area contributed by atoms with Crippen molar-refractivity contribution < 1.29 is 22.7 Å². The average molecular weight is 197 g/mol. The van der Waals surface area contributed by atoms with Gasteiger partial charge in [0.25, 0.3) is 0 Å². The summed E-state index contributed by atoms with van der Waals surface area (Å²) < 4.78 is 40.6. The highest BCUT2D eigenvalue weighted by atomic mass is 19.4. The molecule has 76 valence electrons. The first-order valence-electron chi connectivity index (χ1n) is 3.83. The summed E-state index contributed by atoms with van der Waals surface area (Å²) in [6, 6.07) is -1.57. The molecule has 0 spiro atoms. The Bertz CT molecular complexity index is 204. The predicted octanol–water partition coefficient (Wildman–Crippen LogP) is 0.700. The topological polar surface area (TPSA) is 38.3 Å². The molecule has 0 unspecified atom stereocenters. The van der Waals surface area contributed by atoms with Crippen LogP contribution in [0.5, 0.6) is 0 Å². The highest BCUT2D eigenvalue weighted by Crippen LogP contribution is 2.29. The minimum atomic E-state index is -4.28. The van der Waals surface area contributed by atoms with Crippen LogP contribution in [0, 0.1) is 5.92 Å². The van der Waals surface area contributed by atoms with Crippen molar-refractivity contribution in [3.05, 3.63) is 0 Å². The number of ether oxygens (including phenoxy) is 1. The van der Waals surface area contributed by atoms with E-state index in [1.54, 1.807) is 0 Å². The van der Waals surface area contributed by atoms with Crippen LogP contribution in [0.2, 0.25) is 0 Å². The fourth-order valence-corrected chi connectivity index (χ4v) is 1.33. The Hall–Kier alpha value is -0.780. The summed E-state index contributed by atoms with van der Waals surface area (Å²) in [6.07, 6.45) is -4.50. The highest BCUT2D eigenvalue weighted by molar-refractivity contribution is 5.73. The fourth-order valence-electron chi connectivity index (χ4n) is 1.33. The van der Waals surface area contributed by atoms with Crippen molar-refractivity contribution in [2.45, 2.75) is 18.6 Å². The largest absolute Gasteiger partial charge is 0.469 e. The summed E-state index contributed by atoms with van der Waals surface area (Å²) in [5, 5.41) is 2.24. The second kappa shape index (κ2) is 3.53. The average Bonchev–Trinajstić information content (AvgIpc) is 2.50. The van der Waals surface area contributed by atoms with Crippen molar-refractivity contribution >= 4 is 5.97 Å². The Balaban J connectivity index is 2.50. The van der Waals surface area contributed by atoms with Gasteiger partial charge >= 0.3 is 12.1 Å². The molecule has 1 aliphatic rings. The lowest BCUT2D eigenvalue weighted by Crippen LogP contribution is -2.36. The maximum Gasteiger partial charge on any atom is 0.403 e. The zero-order valence-corrected chi connectivity index (χ0v) is 7.02. The first kappa shape index (κ1) is 10.3. The normalized spacial score (nSPS) is 28.9. The quantitative estimate of drug-likeness (QED) is 0.629. The van der Waals surface area contributed by atoms with Crippen LogP contribution >= 0.6 is 0 Å². The first-order chi connectivity index (χ1) is 5.95. The van der Waals surface area contributed by atoms with Gasteiger partial charge in [-0.05, 0) is 6.42 Å². The third-order valence-electron chi connectivity index (χ3n) is 2.06. The molecule has 0 bridgehead atoms. The number of hydrogen-bond donors (Lipinski definition) is 1. The maximum atomic E-state index is 12.1. The van der Waals surface area contributed by atoms with Gasteiger partial charge in [0.1, 0.15) is 6.04 Å². The van der Waals surface area contributed by atoms with Crippen LogP contribution < -0.4 is 5.32 Å². The van der Waals surface area contributed by atoms with E-state index in [2.05, 4.69) is 10.1 Å². The van der Waals surface area contributed by atoms with Crippen molar-refractivity contribution in [3.8, 4) is 0 Å². The molecule has 0 aromatic heterocycles. The number of esters is 1. The summed E-state index contributed by atoms with van der Waals surface area (Å²) in [7, 11) is 1.17. The number of hydrogen-bond acceptors (Lipinski definition) is 3. The predicted molar refractivity (Wildman–Crippen MR) is 38.0 cm³/mol. The molecule has 3 nitrogen and oxygen atoms in total. The van der Waals surface area contributed by atoms with E-state index in [0.717, 1.165) is 0 Å². The zero-order valence-electron chi connectivity index (χ0n) is 7.02. The maximum absolute atomic E-state index is 12.1. The lowest BCUT2D eigenvalue weighted by atomic mass is 10.1. The van der Waals surface area contributed by atoms with E-state index in [9.17, 15) is 18.0 Å². The Morgan fingerprint density at radius 1 is 1.54 bits per heavy atom. The third-order valence-corrected chi connectivity index (χ3v) is 2.06. The van der Waals surface area contributed by atoms with Crippen LogP contribution in [0.1, 0.15) is 6.42 Å². The number of halogens is 3. The molecule has 0 amide bonds. The Labute approximate surface area is 73.2 Å². The minimum Gasteiger partial charge on any atom is -0.469 e. The standard InChI is InChI=1S/C7H10F3NO2/c1-13-6(12)4-2-5(11-3-4)7(8,9)10/h4-5,11H,2-3H2,1H3/t4-,5-/m1/s1. The molecular formula is C7H10F3NO2. The van der Waals surface area contributed by atoms with Crippen molar-refractivity contribution in [2.24, 2.45) is 5.92 Å². The molecule has 1 saturated heterocycles. The van der Waals surface area contributed by atoms with Gasteiger partial charge in [-0.1, -0.05) is 0 Å². The fraction of sp³-hybridized carbons (Fsp3) is 0.857. The van der Waals surface area contributed by atoms with Gasteiger partial charge in [-0.2, -0.15) is 13.2 Å². The molecule has 0 radical (unpaired) electrons. The van der Waals surface area contributed by atoms with Crippen molar-refractivity contribution in [1.82, 2.24) is 5.32 Å². The molecule has 0 aliphatic carbocycles.